The van der Waals surface area contributed by atoms with Gasteiger partial charge in [-0.05, 0) is 6.92 Å². The molecule has 0 aromatic carbocycles. The molecule has 0 saturated heterocycles. The standard InChI is InChI=1S/C7H18O3Si/c1-3-8-4-5-9-6-7-10-11-2/h3-7,11H2,1-2H3. The van der Waals surface area contributed by atoms with Crippen molar-refractivity contribution < 1.29 is 13.9 Å². The van der Waals surface area contributed by atoms with E-state index >= 15 is 0 Å². The van der Waals surface area contributed by atoms with Gasteiger partial charge < -0.3 is 13.9 Å². The average molecular weight is 178 g/mol. The SMILES string of the molecule is CCOCCOCCO[SiH2]C. The van der Waals surface area contributed by atoms with E-state index in [1.54, 1.807) is 0 Å². The molecule has 0 amide bonds. The zero-order valence-corrected chi connectivity index (χ0v) is 8.88. The third-order valence-electron chi connectivity index (χ3n) is 1.15. The van der Waals surface area contributed by atoms with Gasteiger partial charge in [0.2, 0.25) is 0 Å². The topological polar surface area (TPSA) is 27.7 Å². The summed E-state index contributed by atoms with van der Waals surface area (Å²) in [4.78, 5) is 0. The molecular formula is C7H18O3Si. The summed E-state index contributed by atoms with van der Waals surface area (Å²) in [5.41, 5.74) is 0. The number of rotatable bonds is 8. The van der Waals surface area contributed by atoms with Crippen LogP contribution >= 0.6 is 0 Å². The summed E-state index contributed by atoms with van der Waals surface area (Å²) in [6.45, 7) is 7.68. The molecule has 0 aliphatic carbocycles. The van der Waals surface area contributed by atoms with Gasteiger partial charge in [-0.25, -0.2) is 0 Å². The second-order valence-electron chi connectivity index (χ2n) is 2.01. The normalized spacial score (nSPS) is 11.5. The van der Waals surface area contributed by atoms with Gasteiger partial charge in [0.05, 0.1) is 26.4 Å². The molecule has 0 aromatic rings. The monoisotopic (exact) mass is 178 g/mol. The van der Waals surface area contributed by atoms with Crippen LogP contribution < -0.4 is 0 Å². The minimum Gasteiger partial charge on any atom is -0.422 e. The van der Waals surface area contributed by atoms with Gasteiger partial charge >= 0.3 is 0 Å². The minimum absolute atomic E-state index is 0.241. The summed E-state index contributed by atoms with van der Waals surface area (Å²) in [5.74, 6) is 0. The maximum absolute atomic E-state index is 5.21. The number of hydrogen-bond donors (Lipinski definition) is 0. The zero-order valence-electron chi connectivity index (χ0n) is 7.47. The molecule has 0 aromatic heterocycles. The van der Waals surface area contributed by atoms with Crippen molar-refractivity contribution in [3.63, 3.8) is 0 Å². The van der Waals surface area contributed by atoms with Gasteiger partial charge in [0.15, 0.2) is 9.76 Å². The van der Waals surface area contributed by atoms with Crippen LogP contribution in [0.25, 0.3) is 0 Å². The Morgan fingerprint density at radius 1 is 1.00 bits per heavy atom. The molecule has 3 nitrogen and oxygen atoms in total. The molecule has 0 radical (unpaired) electrons. The largest absolute Gasteiger partial charge is 0.422 e. The highest BCUT2D eigenvalue weighted by Crippen LogP contribution is 1.79. The predicted octanol–water partition coefficient (Wildman–Crippen LogP) is 0.188. The van der Waals surface area contributed by atoms with Crippen molar-refractivity contribution in [2.75, 3.05) is 33.0 Å². The molecule has 0 fully saturated rings. The van der Waals surface area contributed by atoms with Crippen molar-refractivity contribution in [3.8, 4) is 0 Å². The molecule has 4 heteroatoms. The summed E-state index contributed by atoms with van der Waals surface area (Å²) >= 11 is 0. The Morgan fingerprint density at radius 3 is 2.27 bits per heavy atom. The van der Waals surface area contributed by atoms with Crippen molar-refractivity contribution in [1.29, 1.82) is 0 Å². The summed E-state index contributed by atoms with van der Waals surface area (Å²) in [6.07, 6.45) is 0. The lowest BCUT2D eigenvalue weighted by Gasteiger charge is -2.03. The fourth-order valence-electron chi connectivity index (χ4n) is 0.626. The Hall–Kier alpha value is 0.0969. The molecule has 0 aliphatic heterocycles. The van der Waals surface area contributed by atoms with Gasteiger partial charge in [-0.2, -0.15) is 0 Å². The van der Waals surface area contributed by atoms with Crippen LogP contribution in [0, 0.1) is 0 Å². The first-order valence-electron chi connectivity index (χ1n) is 4.15. The molecule has 0 saturated carbocycles. The van der Waals surface area contributed by atoms with Crippen LogP contribution in [0.5, 0.6) is 0 Å². The fraction of sp³-hybridized carbons (Fsp3) is 1.00. The van der Waals surface area contributed by atoms with Crippen molar-refractivity contribution >= 4 is 9.76 Å². The quantitative estimate of drug-likeness (QED) is 0.392. The van der Waals surface area contributed by atoms with Gasteiger partial charge in [0.25, 0.3) is 0 Å². The van der Waals surface area contributed by atoms with Crippen LogP contribution in [0.1, 0.15) is 6.92 Å². The summed E-state index contributed by atoms with van der Waals surface area (Å²) < 4.78 is 15.5. The third kappa shape index (κ3) is 10.1. The summed E-state index contributed by atoms with van der Waals surface area (Å²) in [6, 6.07) is 0. The molecule has 0 heterocycles. The van der Waals surface area contributed by atoms with E-state index in [1.807, 2.05) is 6.92 Å². The second kappa shape index (κ2) is 10.1. The molecule has 68 valence electrons. The van der Waals surface area contributed by atoms with Gasteiger partial charge in [0.1, 0.15) is 0 Å². The molecule has 0 unspecified atom stereocenters. The highest BCUT2D eigenvalue weighted by Gasteiger charge is 1.87. The molecular weight excluding hydrogens is 160 g/mol. The Balaban J connectivity index is 2.69. The van der Waals surface area contributed by atoms with Crippen molar-refractivity contribution in [1.82, 2.24) is 0 Å². The first-order valence-corrected chi connectivity index (χ1v) is 6.14. The Labute approximate surface area is 71.0 Å². The molecule has 0 spiro atoms. The third-order valence-corrected chi connectivity index (χ3v) is 1.85. The maximum Gasteiger partial charge on any atom is 0.158 e. The zero-order chi connectivity index (χ0) is 8.36. The lowest BCUT2D eigenvalue weighted by Crippen LogP contribution is -2.09. The fourth-order valence-corrected chi connectivity index (χ4v) is 1.03. The number of hydrogen-bond acceptors (Lipinski definition) is 3. The molecule has 11 heavy (non-hydrogen) atoms. The summed E-state index contributed by atoms with van der Waals surface area (Å²) in [5, 5.41) is 0. The maximum atomic E-state index is 5.21. The van der Waals surface area contributed by atoms with Crippen molar-refractivity contribution in [2.24, 2.45) is 0 Å². The van der Waals surface area contributed by atoms with Crippen LogP contribution in [0.2, 0.25) is 6.55 Å². The van der Waals surface area contributed by atoms with Gasteiger partial charge in [-0.3, -0.25) is 0 Å². The molecule has 0 N–H and O–H groups in total. The van der Waals surface area contributed by atoms with E-state index in [9.17, 15) is 0 Å². The van der Waals surface area contributed by atoms with E-state index in [0.29, 0.717) is 19.8 Å². The van der Waals surface area contributed by atoms with E-state index in [4.69, 9.17) is 13.9 Å². The first-order chi connectivity index (χ1) is 5.41. The van der Waals surface area contributed by atoms with Crippen LogP contribution in [0.3, 0.4) is 0 Å². The lowest BCUT2D eigenvalue weighted by molar-refractivity contribution is 0.0410. The first kappa shape index (κ1) is 11.1. The Morgan fingerprint density at radius 2 is 1.64 bits per heavy atom. The van der Waals surface area contributed by atoms with E-state index in [1.165, 1.54) is 0 Å². The van der Waals surface area contributed by atoms with Crippen LogP contribution in [-0.2, 0) is 13.9 Å². The van der Waals surface area contributed by atoms with Crippen LogP contribution in [-0.4, -0.2) is 42.8 Å². The van der Waals surface area contributed by atoms with E-state index in [2.05, 4.69) is 6.55 Å². The molecule has 0 atom stereocenters. The molecule has 0 rings (SSSR count). The highest BCUT2D eigenvalue weighted by atomic mass is 28.2. The Bertz CT molecular complexity index is 62.7. The molecule has 0 bridgehead atoms. The second-order valence-corrected chi connectivity index (χ2v) is 2.99. The average Bonchev–Trinajstić information content (AvgIpc) is 2.03. The van der Waals surface area contributed by atoms with Gasteiger partial charge in [-0.1, -0.05) is 6.55 Å². The predicted molar refractivity (Wildman–Crippen MR) is 47.7 cm³/mol. The Kier molecular flexibility index (Phi) is 10.2. The van der Waals surface area contributed by atoms with E-state index < -0.39 is 0 Å². The van der Waals surface area contributed by atoms with Crippen molar-refractivity contribution in [3.05, 3.63) is 0 Å². The van der Waals surface area contributed by atoms with Gasteiger partial charge in [0, 0.05) is 6.61 Å². The van der Waals surface area contributed by atoms with Crippen molar-refractivity contribution in [2.45, 2.75) is 13.5 Å². The van der Waals surface area contributed by atoms with E-state index in [-0.39, 0.29) is 9.76 Å². The van der Waals surface area contributed by atoms with Gasteiger partial charge in [-0.15, -0.1) is 0 Å². The smallest absolute Gasteiger partial charge is 0.158 e. The lowest BCUT2D eigenvalue weighted by atomic mass is 10.7. The number of ether oxygens (including phenoxy) is 2. The summed E-state index contributed by atoms with van der Waals surface area (Å²) in [7, 11) is -0.241. The molecule has 0 aliphatic rings. The minimum atomic E-state index is -0.241. The van der Waals surface area contributed by atoms with E-state index in [0.717, 1.165) is 13.2 Å². The van der Waals surface area contributed by atoms with Crippen LogP contribution in [0.4, 0.5) is 0 Å². The highest BCUT2D eigenvalue weighted by molar-refractivity contribution is 6.24. The van der Waals surface area contributed by atoms with Crippen LogP contribution in [0.15, 0.2) is 0 Å².